The third-order valence-electron chi connectivity index (χ3n) is 1.91. The average molecular weight is 211 g/mol. The Morgan fingerprint density at radius 2 is 2.40 bits per heavy atom. The summed E-state index contributed by atoms with van der Waals surface area (Å²) in [5.74, 6) is 0.732. The van der Waals surface area contributed by atoms with E-state index < -0.39 is 0 Å². The second-order valence-corrected chi connectivity index (χ2v) is 3.65. The summed E-state index contributed by atoms with van der Waals surface area (Å²) < 4.78 is 5.22. The lowest BCUT2D eigenvalue weighted by molar-refractivity contribution is -0.136. The molecule has 0 saturated heterocycles. The van der Waals surface area contributed by atoms with Gasteiger partial charge >= 0.3 is 0 Å². The van der Waals surface area contributed by atoms with Crippen molar-refractivity contribution in [1.29, 1.82) is 0 Å². The minimum absolute atomic E-state index is 0.0416. The van der Waals surface area contributed by atoms with Crippen molar-refractivity contribution >= 4 is 5.91 Å². The maximum absolute atomic E-state index is 11.5. The molecular weight excluding hydrogens is 194 g/mol. The van der Waals surface area contributed by atoms with Gasteiger partial charge in [-0.2, -0.15) is 0 Å². The van der Waals surface area contributed by atoms with E-state index in [0.29, 0.717) is 6.54 Å². The highest BCUT2D eigenvalue weighted by Gasteiger charge is 2.10. The van der Waals surface area contributed by atoms with Crippen LogP contribution < -0.4 is 0 Å². The van der Waals surface area contributed by atoms with Gasteiger partial charge in [0.15, 0.2) is 0 Å². The molecule has 84 valence electrons. The number of likely N-dealkylation sites (N-methyl/N-ethyl adjacent to an activating group) is 1. The standard InChI is InChI=1S/C10H17N3O2/c1-8(2)15-7-10(14)13(3)6-9-11-4-5-12-9/h4-5,8H,6-7H2,1-3H3,(H,11,12). The highest BCUT2D eigenvalue weighted by molar-refractivity contribution is 5.77. The summed E-state index contributed by atoms with van der Waals surface area (Å²) in [7, 11) is 1.73. The molecule has 0 spiro atoms. The summed E-state index contributed by atoms with van der Waals surface area (Å²) in [4.78, 5) is 20.1. The molecule has 1 N–H and O–H groups in total. The number of ether oxygens (including phenoxy) is 1. The van der Waals surface area contributed by atoms with Crippen molar-refractivity contribution in [3.05, 3.63) is 18.2 Å². The van der Waals surface area contributed by atoms with E-state index in [0.717, 1.165) is 5.82 Å². The van der Waals surface area contributed by atoms with Gasteiger partial charge in [0.25, 0.3) is 0 Å². The molecule has 0 aliphatic carbocycles. The van der Waals surface area contributed by atoms with Crippen LogP contribution >= 0.6 is 0 Å². The summed E-state index contributed by atoms with van der Waals surface area (Å²) in [5.41, 5.74) is 0. The SMILES string of the molecule is CC(C)OCC(=O)N(C)Cc1ncc[nH]1. The fourth-order valence-corrected chi connectivity index (χ4v) is 1.05. The van der Waals surface area contributed by atoms with E-state index in [4.69, 9.17) is 4.74 Å². The summed E-state index contributed by atoms with van der Waals surface area (Å²) in [6.45, 7) is 4.40. The van der Waals surface area contributed by atoms with E-state index in [-0.39, 0.29) is 18.6 Å². The number of hydrogen-bond donors (Lipinski definition) is 1. The maximum atomic E-state index is 11.5. The van der Waals surface area contributed by atoms with Gasteiger partial charge in [0.2, 0.25) is 5.91 Å². The van der Waals surface area contributed by atoms with Gasteiger partial charge in [-0.05, 0) is 13.8 Å². The molecular formula is C10H17N3O2. The van der Waals surface area contributed by atoms with Gasteiger partial charge in [-0.15, -0.1) is 0 Å². The Morgan fingerprint density at radius 1 is 1.67 bits per heavy atom. The molecule has 5 nitrogen and oxygen atoms in total. The first-order valence-electron chi connectivity index (χ1n) is 4.93. The van der Waals surface area contributed by atoms with E-state index in [1.165, 1.54) is 0 Å². The molecule has 0 saturated carbocycles. The number of carbonyl (C=O) groups is 1. The van der Waals surface area contributed by atoms with Crippen LogP contribution in [0, 0.1) is 0 Å². The Kier molecular flexibility index (Phi) is 4.30. The largest absolute Gasteiger partial charge is 0.369 e. The number of nitrogens with zero attached hydrogens (tertiary/aromatic N) is 2. The van der Waals surface area contributed by atoms with Gasteiger partial charge < -0.3 is 14.6 Å². The number of amides is 1. The van der Waals surface area contributed by atoms with Gasteiger partial charge in [0, 0.05) is 19.4 Å². The number of hydrogen-bond acceptors (Lipinski definition) is 3. The average Bonchev–Trinajstić information content (AvgIpc) is 2.66. The summed E-state index contributed by atoms with van der Waals surface area (Å²) in [5, 5.41) is 0. The van der Waals surface area contributed by atoms with Gasteiger partial charge in [-0.1, -0.05) is 0 Å². The maximum Gasteiger partial charge on any atom is 0.248 e. The van der Waals surface area contributed by atoms with Crippen molar-refractivity contribution in [3.63, 3.8) is 0 Å². The number of nitrogens with one attached hydrogen (secondary N) is 1. The minimum Gasteiger partial charge on any atom is -0.369 e. The number of imidazole rings is 1. The van der Waals surface area contributed by atoms with Crippen LogP contribution in [0.15, 0.2) is 12.4 Å². The lowest BCUT2D eigenvalue weighted by Gasteiger charge is -2.16. The number of aromatic amines is 1. The molecule has 0 bridgehead atoms. The van der Waals surface area contributed by atoms with E-state index >= 15 is 0 Å². The van der Waals surface area contributed by atoms with E-state index in [1.807, 2.05) is 13.8 Å². The normalized spacial score (nSPS) is 10.7. The third kappa shape index (κ3) is 4.12. The summed E-state index contributed by atoms with van der Waals surface area (Å²) in [6.07, 6.45) is 3.47. The van der Waals surface area contributed by atoms with Crippen molar-refractivity contribution in [2.24, 2.45) is 0 Å². The van der Waals surface area contributed by atoms with Crippen LogP contribution in [0.1, 0.15) is 19.7 Å². The predicted octanol–water partition coefficient (Wildman–Crippen LogP) is 0.793. The molecule has 0 atom stereocenters. The first-order chi connectivity index (χ1) is 7.09. The van der Waals surface area contributed by atoms with Crippen LogP contribution in [0.5, 0.6) is 0 Å². The zero-order valence-electron chi connectivity index (χ0n) is 9.36. The topological polar surface area (TPSA) is 58.2 Å². The molecule has 0 aliphatic heterocycles. The molecule has 1 rings (SSSR count). The Hall–Kier alpha value is -1.36. The zero-order valence-corrected chi connectivity index (χ0v) is 9.36. The van der Waals surface area contributed by atoms with Gasteiger partial charge in [-0.3, -0.25) is 4.79 Å². The Morgan fingerprint density at radius 3 is 2.93 bits per heavy atom. The van der Waals surface area contributed by atoms with Crippen molar-refractivity contribution in [3.8, 4) is 0 Å². The quantitative estimate of drug-likeness (QED) is 0.783. The summed E-state index contributed by atoms with van der Waals surface area (Å²) in [6, 6.07) is 0. The Labute approximate surface area is 89.4 Å². The van der Waals surface area contributed by atoms with Gasteiger partial charge in [-0.25, -0.2) is 4.98 Å². The van der Waals surface area contributed by atoms with Crippen molar-refractivity contribution in [2.45, 2.75) is 26.5 Å². The number of carbonyl (C=O) groups excluding carboxylic acids is 1. The van der Waals surface area contributed by atoms with Crippen LogP contribution in [0.4, 0.5) is 0 Å². The molecule has 0 aliphatic rings. The molecule has 1 heterocycles. The highest BCUT2D eigenvalue weighted by Crippen LogP contribution is 1.97. The molecule has 0 aromatic carbocycles. The predicted molar refractivity (Wildman–Crippen MR) is 56.1 cm³/mol. The lowest BCUT2D eigenvalue weighted by Crippen LogP contribution is -2.31. The first-order valence-corrected chi connectivity index (χ1v) is 4.93. The molecule has 15 heavy (non-hydrogen) atoms. The lowest BCUT2D eigenvalue weighted by atomic mass is 10.4. The van der Waals surface area contributed by atoms with Crippen LogP contribution in [0.3, 0.4) is 0 Å². The number of aromatic nitrogens is 2. The number of H-pyrrole nitrogens is 1. The Bertz CT molecular complexity index is 296. The first kappa shape index (κ1) is 11.7. The van der Waals surface area contributed by atoms with Crippen molar-refractivity contribution < 1.29 is 9.53 Å². The van der Waals surface area contributed by atoms with Crippen LogP contribution in [0.25, 0.3) is 0 Å². The molecule has 1 aromatic rings. The second kappa shape index (κ2) is 5.50. The summed E-state index contributed by atoms with van der Waals surface area (Å²) >= 11 is 0. The molecule has 5 heteroatoms. The molecule has 1 aromatic heterocycles. The minimum atomic E-state index is -0.0416. The van der Waals surface area contributed by atoms with Crippen molar-refractivity contribution in [1.82, 2.24) is 14.9 Å². The smallest absolute Gasteiger partial charge is 0.248 e. The molecule has 0 unspecified atom stereocenters. The van der Waals surface area contributed by atoms with E-state index in [9.17, 15) is 4.79 Å². The van der Waals surface area contributed by atoms with Crippen molar-refractivity contribution in [2.75, 3.05) is 13.7 Å². The zero-order chi connectivity index (χ0) is 11.3. The highest BCUT2D eigenvalue weighted by atomic mass is 16.5. The fourth-order valence-electron chi connectivity index (χ4n) is 1.05. The third-order valence-corrected chi connectivity index (χ3v) is 1.91. The monoisotopic (exact) mass is 211 g/mol. The van der Waals surface area contributed by atoms with Gasteiger partial charge in [0.05, 0.1) is 12.6 Å². The van der Waals surface area contributed by atoms with Gasteiger partial charge in [0.1, 0.15) is 12.4 Å². The molecule has 0 radical (unpaired) electrons. The molecule has 0 fully saturated rings. The van der Waals surface area contributed by atoms with E-state index in [1.54, 1.807) is 24.3 Å². The second-order valence-electron chi connectivity index (χ2n) is 3.65. The fraction of sp³-hybridized carbons (Fsp3) is 0.600. The van der Waals surface area contributed by atoms with Crippen LogP contribution in [0.2, 0.25) is 0 Å². The van der Waals surface area contributed by atoms with E-state index in [2.05, 4.69) is 9.97 Å². The van der Waals surface area contributed by atoms with Crippen LogP contribution in [-0.2, 0) is 16.1 Å². The Balaban J connectivity index is 2.33. The number of rotatable bonds is 5. The molecule has 1 amide bonds. The van der Waals surface area contributed by atoms with Crippen LogP contribution in [-0.4, -0.2) is 40.5 Å².